The van der Waals surface area contributed by atoms with Crippen molar-refractivity contribution in [2.75, 3.05) is 19.0 Å². The minimum Gasteiger partial charge on any atom is -0.380 e. The minimum absolute atomic E-state index is 0.0190. The molecule has 3 rings (SSSR count). The number of aryl methyl sites for hydroxylation is 1. The van der Waals surface area contributed by atoms with E-state index in [1.54, 1.807) is 19.1 Å². The molecule has 8 heteroatoms. The molecular formula is C21H24N2O4S2. The number of sulfone groups is 1. The Morgan fingerprint density at radius 3 is 2.69 bits per heavy atom. The summed E-state index contributed by atoms with van der Waals surface area (Å²) < 4.78 is 32.7. The summed E-state index contributed by atoms with van der Waals surface area (Å²) in [6, 6.07) is 12.2. The average Bonchev–Trinajstić information content (AvgIpc) is 3.04. The van der Waals surface area contributed by atoms with Crippen molar-refractivity contribution in [2.24, 2.45) is 4.99 Å². The van der Waals surface area contributed by atoms with Gasteiger partial charge in [0.2, 0.25) is 0 Å². The van der Waals surface area contributed by atoms with Crippen molar-refractivity contribution in [3.05, 3.63) is 58.4 Å². The third-order valence-corrected chi connectivity index (χ3v) is 7.29. The summed E-state index contributed by atoms with van der Waals surface area (Å²) in [5, 5.41) is 0. The first-order valence-corrected chi connectivity index (χ1v) is 11.9. The molecule has 1 heterocycles. The number of amides is 1. The van der Waals surface area contributed by atoms with Crippen LogP contribution in [0.1, 0.15) is 29.8 Å². The van der Waals surface area contributed by atoms with Crippen LogP contribution in [0.4, 0.5) is 0 Å². The van der Waals surface area contributed by atoms with Crippen LogP contribution < -0.4 is 4.80 Å². The second-order valence-electron chi connectivity index (χ2n) is 6.55. The van der Waals surface area contributed by atoms with E-state index in [0.29, 0.717) is 24.6 Å². The largest absolute Gasteiger partial charge is 0.380 e. The van der Waals surface area contributed by atoms with Crippen molar-refractivity contribution in [3.63, 3.8) is 0 Å². The monoisotopic (exact) mass is 432 g/mol. The molecule has 0 fully saturated rings. The lowest BCUT2D eigenvalue weighted by Crippen LogP contribution is -2.19. The maximum Gasteiger partial charge on any atom is 0.279 e. The van der Waals surface area contributed by atoms with E-state index in [-0.39, 0.29) is 16.2 Å². The van der Waals surface area contributed by atoms with Gasteiger partial charge in [-0.1, -0.05) is 30.4 Å². The van der Waals surface area contributed by atoms with E-state index in [1.165, 1.54) is 23.5 Å². The van der Waals surface area contributed by atoms with Gasteiger partial charge in [-0.05, 0) is 49.7 Å². The number of thiazole rings is 1. The van der Waals surface area contributed by atoms with Gasteiger partial charge < -0.3 is 9.30 Å². The van der Waals surface area contributed by atoms with E-state index in [0.717, 1.165) is 15.8 Å². The third kappa shape index (κ3) is 4.83. The topological polar surface area (TPSA) is 77.7 Å². The van der Waals surface area contributed by atoms with Gasteiger partial charge in [-0.25, -0.2) is 8.42 Å². The van der Waals surface area contributed by atoms with Gasteiger partial charge in [0.05, 0.1) is 27.5 Å². The molecule has 0 bridgehead atoms. The van der Waals surface area contributed by atoms with Crippen molar-refractivity contribution in [1.29, 1.82) is 0 Å². The van der Waals surface area contributed by atoms with E-state index in [9.17, 15) is 13.2 Å². The molecule has 0 spiro atoms. The number of fused-ring (bicyclic) bond motifs is 1. The lowest BCUT2D eigenvalue weighted by molar-refractivity contribution is 0.0996. The summed E-state index contributed by atoms with van der Waals surface area (Å²) >= 11 is 1.44. The van der Waals surface area contributed by atoms with Gasteiger partial charge in [0.15, 0.2) is 14.6 Å². The number of nitrogens with zero attached hydrogens (tertiary/aromatic N) is 2. The predicted octanol–water partition coefficient (Wildman–Crippen LogP) is 3.58. The number of hydrogen-bond acceptors (Lipinski definition) is 5. The number of carbonyl (C=O) groups excluding carboxylic acids is 1. The van der Waals surface area contributed by atoms with Gasteiger partial charge in [-0.2, -0.15) is 4.99 Å². The number of ether oxygens (including phenoxy) is 1. The minimum atomic E-state index is -3.39. The molecule has 0 unspecified atom stereocenters. The fourth-order valence-electron chi connectivity index (χ4n) is 2.92. The van der Waals surface area contributed by atoms with Crippen LogP contribution in [-0.4, -0.2) is 37.9 Å². The van der Waals surface area contributed by atoms with Crippen LogP contribution in [-0.2, 0) is 21.1 Å². The highest BCUT2D eigenvalue weighted by molar-refractivity contribution is 7.91. The molecule has 0 atom stereocenters. The van der Waals surface area contributed by atoms with Crippen molar-refractivity contribution in [2.45, 2.75) is 32.2 Å². The first kappa shape index (κ1) is 21.4. The number of benzene rings is 2. The molecule has 154 valence electrons. The van der Waals surface area contributed by atoms with Crippen LogP contribution >= 0.6 is 11.3 Å². The van der Waals surface area contributed by atoms with Gasteiger partial charge in [0.25, 0.3) is 5.91 Å². The summed E-state index contributed by atoms with van der Waals surface area (Å²) in [5.74, 6) is -0.485. The molecule has 3 aromatic rings. The summed E-state index contributed by atoms with van der Waals surface area (Å²) in [6.45, 7) is 7.24. The molecule has 2 aromatic carbocycles. The molecule has 0 radical (unpaired) electrons. The fourth-order valence-corrected chi connectivity index (χ4v) is 5.00. The summed E-state index contributed by atoms with van der Waals surface area (Å²) in [5.41, 5.74) is 2.38. The normalized spacial score (nSPS) is 12.6. The first-order valence-electron chi connectivity index (χ1n) is 9.45. The Labute approximate surface area is 174 Å². The van der Waals surface area contributed by atoms with Crippen molar-refractivity contribution in [3.8, 4) is 0 Å². The Balaban J connectivity index is 2.06. The van der Waals surface area contributed by atoms with Crippen LogP contribution in [0.5, 0.6) is 0 Å². The molecule has 29 heavy (non-hydrogen) atoms. The summed E-state index contributed by atoms with van der Waals surface area (Å²) in [7, 11) is -3.39. The lowest BCUT2D eigenvalue weighted by Gasteiger charge is -2.06. The van der Waals surface area contributed by atoms with Crippen LogP contribution in [0, 0.1) is 6.92 Å². The Hall–Kier alpha value is -2.29. The van der Waals surface area contributed by atoms with Crippen LogP contribution in [0.3, 0.4) is 0 Å². The molecule has 6 nitrogen and oxygen atoms in total. The number of hydrogen-bond donors (Lipinski definition) is 0. The van der Waals surface area contributed by atoms with E-state index in [4.69, 9.17) is 4.74 Å². The van der Waals surface area contributed by atoms with Crippen LogP contribution in [0.25, 0.3) is 10.2 Å². The van der Waals surface area contributed by atoms with E-state index >= 15 is 0 Å². The summed E-state index contributed by atoms with van der Waals surface area (Å²) in [4.78, 5) is 17.8. The molecule has 1 aromatic heterocycles. The van der Waals surface area contributed by atoms with Gasteiger partial charge in [-0.3, -0.25) is 4.79 Å². The van der Waals surface area contributed by atoms with Gasteiger partial charge in [0.1, 0.15) is 0 Å². The van der Waals surface area contributed by atoms with E-state index < -0.39 is 15.7 Å². The SMILES string of the molecule is CCOCCn1c(=NC(=O)c2cccc(S(=O)(=O)CC)c2)sc2cc(C)ccc21. The first-order chi connectivity index (χ1) is 13.9. The molecule has 0 aliphatic rings. The third-order valence-electron chi connectivity index (χ3n) is 4.52. The van der Waals surface area contributed by atoms with E-state index in [1.807, 2.05) is 30.5 Å². The van der Waals surface area contributed by atoms with Gasteiger partial charge in [-0.15, -0.1) is 0 Å². The molecular weight excluding hydrogens is 408 g/mol. The standard InChI is InChI=1S/C21H24N2O4S2/c1-4-27-12-11-23-18-10-9-15(3)13-19(18)28-21(23)22-20(24)16-7-6-8-17(14-16)29(25,26)5-2/h6-10,13-14H,4-5,11-12H2,1-3H3. The molecule has 0 aliphatic heterocycles. The highest BCUT2D eigenvalue weighted by atomic mass is 32.2. The van der Waals surface area contributed by atoms with Crippen LogP contribution in [0.2, 0.25) is 0 Å². The number of rotatable bonds is 7. The van der Waals surface area contributed by atoms with Crippen LogP contribution in [0.15, 0.2) is 52.4 Å². The Morgan fingerprint density at radius 1 is 1.17 bits per heavy atom. The van der Waals surface area contributed by atoms with E-state index in [2.05, 4.69) is 11.1 Å². The Morgan fingerprint density at radius 2 is 1.97 bits per heavy atom. The smallest absolute Gasteiger partial charge is 0.279 e. The fraction of sp³-hybridized carbons (Fsp3) is 0.333. The zero-order valence-corrected chi connectivity index (χ0v) is 18.3. The Bertz CT molecular complexity index is 1210. The Kier molecular flexibility index (Phi) is 6.66. The number of carbonyl (C=O) groups is 1. The van der Waals surface area contributed by atoms with Gasteiger partial charge >= 0.3 is 0 Å². The summed E-state index contributed by atoms with van der Waals surface area (Å²) in [6.07, 6.45) is 0. The van der Waals surface area contributed by atoms with Crippen molar-refractivity contribution < 1.29 is 17.9 Å². The number of aromatic nitrogens is 1. The predicted molar refractivity (Wildman–Crippen MR) is 115 cm³/mol. The molecule has 0 N–H and O–H groups in total. The molecule has 0 aliphatic carbocycles. The zero-order chi connectivity index (χ0) is 21.0. The lowest BCUT2D eigenvalue weighted by atomic mass is 10.2. The van der Waals surface area contributed by atoms with Crippen molar-refractivity contribution in [1.82, 2.24) is 4.57 Å². The highest BCUT2D eigenvalue weighted by Crippen LogP contribution is 2.19. The second-order valence-corrected chi connectivity index (χ2v) is 9.84. The van der Waals surface area contributed by atoms with Gasteiger partial charge in [0, 0.05) is 18.7 Å². The molecule has 0 saturated heterocycles. The second kappa shape index (κ2) is 9.02. The quantitative estimate of drug-likeness (QED) is 0.535. The molecule has 0 saturated carbocycles. The average molecular weight is 433 g/mol. The molecule has 1 amide bonds. The zero-order valence-electron chi connectivity index (χ0n) is 16.7. The maximum atomic E-state index is 12.8. The maximum absolute atomic E-state index is 12.8. The highest BCUT2D eigenvalue weighted by Gasteiger charge is 2.15. The van der Waals surface area contributed by atoms with Crippen molar-refractivity contribution >= 4 is 37.3 Å².